The van der Waals surface area contributed by atoms with Crippen LogP contribution in [0.5, 0.6) is 11.5 Å². The summed E-state index contributed by atoms with van der Waals surface area (Å²) < 4.78 is 7.10. The van der Waals surface area contributed by atoms with Crippen LogP contribution in [0.3, 0.4) is 0 Å². The Morgan fingerprint density at radius 2 is 1.83 bits per heavy atom. The number of phenolic OH excluding ortho intramolecular Hbond substituents is 1. The number of aromatic nitrogens is 3. The molecule has 118 valence electrons. The first-order valence-corrected chi connectivity index (χ1v) is 7.54. The lowest BCUT2D eigenvalue weighted by Gasteiger charge is -2.10. The SMILES string of the molecule is COc1ccc(-c2nc3cccnc3n2-c2ccccc2)c(O)c1. The lowest BCUT2D eigenvalue weighted by Crippen LogP contribution is -1.98. The molecule has 1 N–H and O–H groups in total. The van der Waals surface area contributed by atoms with Gasteiger partial charge in [0.15, 0.2) is 11.5 Å². The molecule has 0 amide bonds. The third-order valence-electron chi connectivity index (χ3n) is 3.88. The van der Waals surface area contributed by atoms with Gasteiger partial charge in [0.2, 0.25) is 0 Å². The first-order chi connectivity index (χ1) is 11.8. The Kier molecular flexibility index (Phi) is 3.39. The summed E-state index contributed by atoms with van der Waals surface area (Å²) in [6, 6.07) is 18.8. The number of para-hydroxylation sites is 1. The quantitative estimate of drug-likeness (QED) is 0.624. The van der Waals surface area contributed by atoms with Crippen molar-refractivity contribution < 1.29 is 9.84 Å². The average molecular weight is 317 g/mol. The van der Waals surface area contributed by atoms with Crippen molar-refractivity contribution in [3.63, 3.8) is 0 Å². The van der Waals surface area contributed by atoms with Gasteiger partial charge < -0.3 is 9.84 Å². The van der Waals surface area contributed by atoms with E-state index in [1.165, 1.54) is 0 Å². The second kappa shape index (κ2) is 5.70. The van der Waals surface area contributed by atoms with Gasteiger partial charge in [-0.05, 0) is 36.4 Å². The molecule has 0 bridgehead atoms. The summed E-state index contributed by atoms with van der Waals surface area (Å²) in [6.45, 7) is 0. The van der Waals surface area contributed by atoms with Crippen LogP contribution >= 0.6 is 0 Å². The van der Waals surface area contributed by atoms with Crippen LogP contribution < -0.4 is 4.74 Å². The van der Waals surface area contributed by atoms with E-state index in [0.717, 1.165) is 16.9 Å². The van der Waals surface area contributed by atoms with E-state index < -0.39 is 0 Å². The minimum absolute atomic E-state index is 0.113. The number of fused-ring (bicyclic) bond motifs is 1. The molecular formula is C19H15N3O2. The van der Waals surface area contributed by atoms with Gasteiger partial charge >= 0.3 is 0 Å². The molecule has 0 aliphatic carbocycles. The molecule has 0 fully saturated rings. The van der Waals surface area contributed by atoms with Crippen LogP contribution in [0.2, 0.25) is 0 Å². The molecule has 4 aromatic rings. The van der Waals surface area contributed by atoms with Crippen molar-refractivity contribution in [2.45, 2.75) is 0 Å². The molecule has 4 rings (SSSR count). The van der Waals surface area contributed by atoms with E-state index in [2.05, 4.69) is 9.97 Å². The third kappa shape index (κ3) is 2.27. The largest absolute Gasteiger partial charge is 0.507 e. The van der Waals surface area contributed by atoms with Crippen molar-refractivity contribution in [3.8, 4) is 28.6 Å². The lowest BCUT2D eigenvalue weighted by molar-refractivity contribution is 0.408. The lowest BCUT2D eigenvalue weighted by atomic mass is 10.1. The van der Waals surface area contributed by atoms with Crippen LogP contribution in [0.25, 0.3) is 28.2 Å². The molecule has 5 nitrogen and oxygen atoms in total. The number of imidazole rings is 1. The molecule has 0 radical (unpaired) electrons. The summed E-state index contributed by atoms with van der Waals surface area (Å²) in [7, 11) is 1.57. The van der Waals surface area contributed by atoms with E-state index in [-0.39, 0.29) is 5.75 Å². The predicted molar refractivity (Wildman–Crippen MR) is 92.5 cm³/mol. The molecule has 24 heavy (non-hydrogen) atoms. The molecule has 0 saturated heterocycles. The third-order valence-corrected chi connectivity index (χ3v) is 3.88. The molecule has 2 aromatic carbocycles. The summed E-state index contributed by atoms with van der Waals surface area (Å²) in [5.74, 6) is 1.34. The molecule has 0 aliphatic rings. The normalized spacial score (nSPS) is 10.9. The van der Waals surface area contributed by atoms with Gasteiger partial charge in [-0.25, -0.2) is 9.97 Å². The van der Waals surface area contributed by atoms with Crippen LogP contribution in [0.15, 0.2) is 66.9 Å². The molecular weight excluding hydrogens is 302 g/mol. The Bertz CT molecular complexity index is 1010. The fraction of sp³-hybridized carbons (Fsp3) is 0.0526. The summed E-state index contributed by atoms with van der Waals surface area (Å²) >= 11 is 0. The number of pyridine rings is 1. The van der Waals surface area contributed by atoms with Crippen LogP contribution in [0.1, 0.15) is 0 Å². The molecule has 2 heterocycles. The van der Waals surface area contributed by atoms with Crippen LogP contribution in [0.4, 0.5) is 0 Å². The zero-order chi connectivity index (χ0) is 16.5. The zero-order valence-electron chi connectivity index (χ0n) is 13.0. The Hall–Kier alpha value is -3.34. The van der Waals surface area contributed by atoms with Gasteiger partial charge in [0, 0.05) is 18.0 Å². The maximum Gasteiger partial charge on any atom is 0.164 e. The molecule has 0 spiro atoms. The Labute approximate surface area is 138 Å². The van der Waals surface area contributed by atoms with Gasteiger partial charge in [0.25, 0.3) is 0 Å². The Morgan fingerprint density at radius 3 is 2.58 bits per heavy atom. The number of nitrogens with zero attached hydrogens (tertiary/aromatic N) is 3. The Morgan fingerprint density at radius 1 is 1.00 bits per heavy atom. The summed E-state index contributed by atoms with van der Waals surface area (Å²) in [5, 5.41) is 10.4. The highest BCUT2D eigenvalue weighted by Crippen LogP contribution is 2.35. The van der Waals surface area contributed by atoms with Crippen LogP contribution in [-0.2, 0) is 0 Å². The predicted octanol–water partition coefficient (Wildman–Crippen LogP) is 3.80. The molecule has 5 heteroatoms. The minimum Gasteiger partial charge on any atom is -0.507 e. The summed E-state index contributed by atoms with van der Waals surface area (Å²) in [6.07, 6.45) is 1.74. The molecule has 2 aromatic heterocycles. The summed E-state index contributed by atoms with van der Waals surface area (Å²) in [4.78, 5) is 9.14. The van der Waals surface area contributed by atoms with Gasteiger partial charge in [0.05, 0.1) is 12.7 Å². The number of aromatic hydroxyl groups is 1. The highest BCUT2D eigenvalue weighted by atomic mass is 16.5. The number of methoxy groups -OCH3 is 1. The molecule has 0 aliphatic heterocycles. The van der Waals surface area contributed by atoms with Crippen molar-refractivity contribution in [1.82, 2.24) is 14.5 Å². The highest BCUT2D eigenvalue weighted by Gasteiger charge is 2.17. The van der Waals surface area contributed by atoms with E-state index in [4.69, 9.17) is 4.74 Å². The van der Waals surface area contributed by atoms with Crippen molar-refractivity contribution in [2.75, 3.05) is 7.11 Å². The van der Waals surface area contributed by atoms with Crippen molar-refractivity contribution in [2.24, 2.45) is 0 Å². The monoisotopic (exact) mass is 317 g/mol. The number of hydrogen-bond donors (Lipinski definition) is 1. The molecule has 0 saturated carbocycles. The van der Waals surface area contributed by atoms with Crippen LogP contribution in [0, 0.1) is 0 Å². The average Bonchev–Trinajstić information content (AvgIpc) is 3.01. The maximum absolute atomic E-state index is 10.4. The van der Waals surface area contributed by atoms with Gasteiger partial charge in [0.1, 0.15) is 17.0 Å². The van der Waals surface area contributed by atoms with Crippen molar-refractivity contribution in [3.05, 3.63) is 66.9 Å². The molecule has 0 atom stereocenters. The van der Waals surface area contributed by atoms with Crippen molar-refractivity contribution in [1.29, 1.82) is 0 Å². The molecule has 0 unspecified atom stereocenters. The summed E-state index contributed by atoms with van der Waals surface area (Å²) in [5.41, 5.74) is 3.07. The van der Waals surface area contributed by atoms with Crippen LogP contribution in [-0.4, -0.2) is 26.8 Å². The maximum atomic E-state index is 10.4. The van der Waals surface area contributed by atoms with E-state index >= 15 is 0 Å². The fourth-order valence-electron chi connectivity index (χ4n) is 2.74. The standard InChI is InChI=1S/C19H15N3O2/c1-24-14-9-10-15(17(23)12-14)18-21-16-8-5-11-20-19(16)22(18)13-6-3-2-4-7-13/h2-12,23H,1H3. The van der Waals surface area contributed by atoms with Crippen molar-refractivity contribution >= 4 is 11.2 Å². The number of phenols is 1. The van der Waals surface area contributed by atoms with Gasteiger partial charge in [-0.1, -0.05) is 18.2 Å². The second-order valence-electron chi connectivity index (χ2n) is 5.34. The van der Waals surface area contributed by atoms with Gasteiger partial charge in [-0.15, -0.1) is 0 Å². The number of rotatable bonds is 3. The minimum atomic E-state index is 0.113. The van der Waals surface area contributed by atoms with E-state index in [0.29, 0.717) is 17.1 Å². The number of benzene rings is 2. The first kappa shape index (κ1) is 14.3. The van der Waals surface area contributed by atoms with E-state index in [9.17, 15) is 5.11 Å². The number of ether oxygens (including phenoxy) is 1. The topological polar surface area (TPSA) is 60.2 Å². The van der Waals surface area contributed by atoms with Gasteiger partial charge in [-0.2, -0.15) is 0 Å². The van der Waals surface area contributed by atoms with E-state index in [1.807, 2.05) is 47.0 Å². The fourth-order valence-corrected chi connectivity index (χ4v) is 2.74. The second-order valence-corrected chi connectivity index (χ2v) is 5.34. The van der Waals surface area contributed by atoms with E-state index in [1.54, 1.807) is 31.5 Å². The number of hydrogen-bond acceptors (Lipinski definition) is 4. The Balaban J connectivity index is 2.02. The smallest absolute Gasteiger partial charge is 0.164 e. The first-order valence-electron chi connectivity index (χ1n) is 7.54. The highest BCUT2D eigenvalue weighted by molar-refractivity contribution is 5.81. The van der Waals surface area contributed by atoms with Gasteiger partial charge in [-0.3, -0.25) is 4.57 Å². The zero-order valence-corrected chi connectivity index (χ0v) is 13.0.